The van der Waals surface area contributed by atoms with Crippen LogP contribution in [-0.4, -0.2) is 41.1 Å². The summed E-state index contributed by atoms with van der Waals surface area (Å²) in [6.07, 6.45) is 0.736. The van der Waals surface area contributed by atoms with Crippen molar-refractivity contribution in [2.45, 2.75) is 18.6 Å². The Morgan fingerprint density at radius 1 is 1.30 bits per heavy atom. The molecule has 1 aliphatic rings. The summed E-state index contributed by atoms with van der Waals surface area (Å²) in [6, 6.07) is 5.77. The van der Waals surface area contributed by atoms with Crippen molar-refractivity contribution in [1.29, 1.82) is 0 Å². The molecule has 0 aliphatic carbocycles. The number of thioether (sulfide) groups is 1. The van der Waals surface area contributed by atoms with E-state index in [4.69, 9.17) is 21.7 Å². The second-order valence-corrected chi connectivity index (χ2v) is 6.43. The largest absolute Gasteiger partial charge is 0.493 e. The molecule has 6 heteroatoms. The minimum Gasteiger partial charge on any atom is -0.493 e. The number of nitrogens with zero attached hydrogens (tertiary/aromatic N) is 1. The molecular weight excluding hydrogens is 294 g/mol. The van der Waals surface area contributed by atoms with E-state index in [2.05, 4.69) is 0 Å². The molecule has 0 unspecified atom stereocenters. The number of rotatable bonds is 5. The zero-order valence-electron chi connectivity index (χ0n) is 11.7. The highest BCUT2D eigenvalue weighted by Gasteiger charge is 2.33. The molecule has 1 fully saturated rings. The van der Waals surface area contributed by atoms with Crippen LogP contribution in [-0.2, 0) is 11.2 Å². The lowest BCUT2D eigenvalue weighted by Crippen LogP contribution is -2.32. The SMILES string of the molecule is COc1ccc(CCN2C(=O)[C@@H](C)SC2=S)cc1OC. The third kappa shape index (κ3) is 3.07. The molecule has 2 rings (SSSR count). The summed E-state index contributed by atoms with van der Waals surface area (Å²) in [5.74, 6) is 1.50. The molecule has 0 N–H and O–H groups in total. The van der Waals surface area contributed by atoms with Gasteiger partial charge in [-0.1, -0.05) is 30.0 Å². The molecule has 1 amide bonds. The van der Waals surface area contributed by atoms with E-state index in [-0.39, 0.29) is 11.2 Å². The number of benzene rings is 1. The average molecular weight is 311 g/mol. The van der Waals surface area contributed by atoms with Gasteiger partial charge in [0.05, 0.1) is 19.5 Å². The Labute approximate surface area is 128 Å². The highest BCUT2D eigenvalue weighted by Crippen LogP contribution is 2.29. The van der Waals surface area contributed by atoms with Crippen molar-refractivity contribution in [3.8, 4) is 11.5 Å². The fourth-order valence-corrected chi connectivity index (χ4v) is 3.51. The number of thiocarbonyl (C=S) groups is 1. The maximum Gasteiger partial charge on any atom is 0.241 e. The first-order valence-electron chi connectivity index (χ1n) is 6.29. The molecule has 108 valence electrons. The van der Waals surface area contributed by atoms with E-state index in [9.17, 15) is 4.79 Å². The van der Waals surface area contributed by atoms with Gasteiger partial charge in [0.1, 0.15) is 4.32 Å². The van der Waals surface area contributed by atoms with Crippen molar-refractivity contribution >= 4 is 34.2 Å². The van der Waals surface area contributed by atoms with Crippen molar-refractivity contribution in [2.24, 2.45) is 0 Å². The highest BCUT2D eigenvalue weighted by molar-refractivity contribution is 8.24. The summed E-state index contributed by atoms with van der Waals surface area (Å²) in [6.45, 7) is 2.49. The van der Waals surface area contributed by atoms with E-state index in [1.807, 2.05) is 25.1 Å². The van der Waals surface area contributed by atoms with E-state index in [1.54, 1.807) is 19.1 Å². The molecule has 0 radical (unpaired) electrons. The minimum absolute atomic E-state index is 0.0621. The topological polar surface area (TPSA) is 38.8 Å². The quantitative estimate of drug-likeness (QED) is 0.781. The Hall–Kier alpha value is -1.27. The van der Waals surface area contributed by atoms with Gasteiger partial charge in [0, 0.05) is 6.54 Å². The third-order valence-electron chi connectivity index (χ3n) is 3.18. The number of amides is 1. The molecule has 0 spiro atoms. The van der Waals surface area contributed by atoms with Crippen LogP contribution in [0.25, 0.3) is 0 Å². The number of hydrogen-bond acceptors (Lipinski definition) is 5. The van der Waals surface area contributed by atoms with Gasteiger partial charge in [-0.15, -0.1) is 0 Å². The zero-order valence-corrected chi connectivity index (χ0v) is 13.3. The van der Waals surface area contributed by atoms with Crippen molar-refractivity contribution < 1.29 is 14.3 Å². The minimum atomic E-state index is -0.0621. The van der Waals surface area contributed by atoms with E-state index >= 15 is 0 Å². The van der Waals surface area contributed by atoms with Crippen LogP contribution >= 0.6 is 24.0 Å². The van der Waals surface area contributed by atoms with Crippen LogP contribution in [0.5, 0.6) is 11.5 Å². The second kappa shape index (κ2) is 6.45. The summed E-state index contributed by atoms with van der Waals surface area (Å²) < 4.78 is 11.1. The molecule has 0 aromatic heterocycles. The van der Waals surface area contributed by atoms with Crippen LogP contribution in [0.3, 0.4) is 0 Å². The lowest BCUT2D eigenvalue weighted by Gasteiger charge is -2.16. The molecule has 1 saturated heterocycles. The van der Waals surface area contributed by atoms with Crippen LogP contribution in [0.4, 0.5) is 0 Å². The number of hydrogen-bond donors (Lipinski definition) is 0. The average Bonchev–Trinajstić information content (AvgIpc) is 2.70. The summed E-state index contributed by atoms with van der Waals surface area (Å²) in [5.41, 5.74) is 1.09. The smallest absolute Gasteiger partial charge is 0.241 e. The molecule has 4 nitrogen and oxygen atoms in total. The maximum atomic E-state index is 11.9. The Morgan fingerprint density at radius 3 is 2.55 bits per heavy atom. The number of ether oxygens (including phenoxy) is 2. The summed E-state index contributed by atoms with van der Waals surface area (Å²) in [5, 5.41) is -0.0621. The van der Waals surface area contributed by atoms with Gasteiger partial charge in [0.2, 0.25) is 5.91 Å². The highest BCUT2D eigenvalue weighted by atomic mass is 32.2. The molecule has 0 saturated carbocycles. The van der Waals surface area contributed by atoms with Gasteiger partial charge in [-0.25, -0.2) is 0 Å². The maximum absolute atomic E-state index is 11.9. The van der Waals surface area contributed by atoms with Gasteiger partial charge in [0.25, 0.3) is 0 Å². The monoisotopic (exact) mass is 311 g/mol. The second-order valence-electron chi connectivity index (χ2n) is 4.46. The van der Waals surface area contributed by atoms with Crippen LogP contribution in [0.15, 0.2) is 18.2 Å². The lowest BCUT2D eigenvalue weighted by molar-refractivity contribution is -0.125. The van der Waals surface area contributed by atoms with Gasteiger partial charge in [-0.05, 0) is 31.0 Å². The first kappa shape index (κ1) is 15.1. The molecular formula is C14H17NO3S2. The van der Waals surface area contributed by atoms with Crippen molar-refractivity contribution in [3.05, 3.63) is 23.8 Å². The van der Waals surface area contributed by atoms with E-state index < -0.39 is 0 Å². The summed E-state index contributed by atoms with van der Waals surface area (Å²) >= 11 is 6.67. The molecule has 1 atom stereocenters. The Kier molecular flexibility index (Phi) is 4.88. The summed E-state index contributed by atoms with van der Waals surface area (Å²) in [4.78, 5) is 13.6. The van der Waals surface area contributed by atoms with Crippen LogP contribution in [0, 0.1) is 0 Å². The molecule has 1 aromatic rings. The Balaban J connectivity index is 2.04. The fraction of sp³-hybridized carbons (Fsp3) is 0.429. The van der Waals surface area contributed by atoms with Crippen molar-refractivity contribution in [3.63, 3.8) is 0 Å². The number of carbonyl (C=O) groups is 1. The van der Waals surface area contributed by atoms with Gasteiger partial charge in [-0.3, -0.25) is 9.69 Å². The predicted octanol–water partition coefficient (Wildman–Crippen LogP) is 2.50. The summed E-state index contributed by atoms with van der Waals surface area (Å²) in [7, 11) is 3.22. The standard InChI is InChI=1S/C14H17NO3S2/c1-9-13(16)15(14(19)20-9)7-6-10-4-5-11(17-2)12(8-10)18-3/h4-5,8-9H,6-7H2,1-3H3/t9-/m1/s1. The molecule has 20 heavy (non-hydrogen) atoms. The zero-order chi connectivity index (χ0) is 14.7. The van der Waals surface area contributed by atoms with Gasteiger partial charge in [-0.2, -0.15) is 0 Å². The first-order chi connectivity index (χ1) is 9.56. The number of carbonyl (C=O) groups excluding carboxylic acids is 1. The Bertz CT molecular complexity index is 533. The molecule has 1 aliphatic heterocycles. The van der Waals surface area contributed by atoms with Crippen LogP contribution in [0.1, 0.15) is 12.5 Å². The van der Waals surface area contributed by atoms with Gasteiger partial charge >= 0.3 is 0 Å². The van der Waals surface area contributed by atoms with Crippen molar-refractivity contribution in [2.75, 3.05) is 20.8 Å². The van der Waals surface area contributed by atoms with Crippen molar-refractivity contribution in [1.82, 2.24) is 4.90 Å². The van der Waals surface area contributed by atoms with Crippen LogP contribution in [0.2, 0.25) is 0 Å². The molecule has 0 bridgehead atoms. The first-order valence-corrected chi connectivity index (χ1v) is 7.58. The normalized spacial score (nSPS) is 18.6. The Morgan fingerprint density at radius 2 is 2.00 bits per heavy atom. The van der Waals surface area contributed by atoms with E-state index in [0.29, 0.717) is 22.4 Å². The lowest BCUT2D eigenvalue weighted by atomic mass is 10.1. The fourth-order valence-electron chi connectivity index (χ4n) is 2.05. The number of methoxy groups -OCH3 is 2. The third-order valence-corrected chi connectivity index (χ3v) is 4.67. The van der Waals surface area contributed by atoms with Crippen LogP contribution < -0.4 is 9.47 Å². The van der Waals surface area contributed by atoms with E-state index in [0.717, 1.165) is 12.0 Å². The van der Waals surface area contributed by atoms with Gasteiger partial charge in [0.15, 0.2) is 11.5 Å². The van der Waals surface area contributed by atoms with E-state index in [1.165, 1.54) is 11.8 Å². The predicted molar refractivity (Wildman–Crippen MR) is 84.6 cm³/mol. The molecule has 1 aromatic carbocycles. The molecule has 1 heterocycles. The van der Waals surface area contributed by atoms with Gasteiger partial charge < -0.3 is 9.47 Å².